The van der Waals surface area contributed by atoms with Gasteiger partial charge in [-0.05, 0) is 37.6 Å². The van der Waals surface area contributed by atoms with Crippen molar-refractivity contribution in [2.75, 3.05) is 18.9 Å². The van der Waals surface area contributed by atoms with Gasteiger partial charge in [0.15, 0.2) is 6.54 Å². The van der Waals surface area contributed by atoms with E-state index in [-0.39, 0.29) is 5.91 Å². The van der Waals surface area contributed by atoms with Crippen molar-refractivity contribution in [3.63, 3.8) is 0 Å². The van der Waals surface area contributed by atoms with Gasteiger partial charge in [-0.2, -0.15) is 0 Å². The molecule has 1 amide bonds. The molecule has 2 aromatic rings. The maximum absolute atomic E-state index is 12.2. The first-order chi connectivity index (χ1) is 10.8. The van der Waals surface area contributed by atoms with E-state index >= 15 is 0 Å². The van der Waals surface area contributed by atoms with Crippen LogP contribution in [0, 0.1) is 13.8 Å². The van der Waals surface area contributed by atoms with E-state index in [4.69, 9.17) is 23.2 Å². The van der Waals surface area contributed by atoms with E-state index in [9.17, 15) is 4.79 Å². The quantitative estimate of drug-likeness (QED) is 0.851. The molecule has 2 N–H and O–H groups in total. The van der Waals surface area contributed by atoms with Gasteiger partial charge in [-0.1, -0.05) is 47.0 Å². The Labute approximate surface area is 147 Å². The Morgan fingerprint density at radius 1 is 1.09 bits per heavy atom. The predicted molar refractivity (Wildman–Crippen MR) is 96.5 cm³/mol. The van der Waals surface area contributed by atoms with Crippen LogP contribution in [0.25, 0.3) is 0 Å². The average molecular weight is 352 g/mol. The summed E-state index contributed by atoms with van der Waals surface area (Å²) in [5.74, 6) is -0.00508. The number of amides is 1. The van der Waals surface area contributed by atoms with Crippen molar-refractivity contribution >= 4 is 34.8 Å². The van der Waals surface area contributed by atoms with Gasteiger partial charge in [0.2, 0.25) is 0 Å². The minimum absolute atomic E-state index is 0.00508. The predicted octanol–water partition coefficient (Wildman–Crippen LogP) is 3.26. The Hall–Kier alpha value is -1.55. The Balaban J connectivity index is 1.92. The number of likely N-dealkylation sites (N-methyl/N-ethyl adjacent to an activating group) is 1. The van der Waals surface area contributed by atoms with Crippen LogP contribution in [0.5, 0.6) is 0 Å². The van der Waals surface area contributed by atoms with Crippen LogP contribution in [-0.4, -0.2) is 19.5 Å². The summed E-state index contributed by atoms with van der Waals surface area (Å²) in [5, 5.41) is 4.05. The summed E-state index contributed by atoms with van der Waals surface area (Å²) in [6.45, 7) is 5.12. The molecule has 0 spiro atoms. The zero-order valence-electron chi connectivity index (χ0n) is 13.5. The van der Waals surface area contributed by atoms with E-state index in [0.717, 1.165) is 21.7 Å². The number of carbonyl (C=O) groups is 1. The van der Waals surface area contributed by atoms with Crippen molar-refractivity contribution in [2.24, 2.45) is 0 Å². The highest BCUT2D eigenvalue weighted by Crippen LogP contribution is 2.22. The Morgan fingerprint density at radius 3 is 2.48 bits per heavy atom. The second-order valence-electron chi connectivity index (χ2n) is 5.93. The van der Waals surface area contributed by atoms with Crippen LogP contribution in [0.2, 0.25) is 10.0 Å². The van der Waals surface area contributed by atoms with Crippen LogP contribution in [0.15, 0.2) is 36.4 Å². The third-order valence-corrected chi connectivity index (χ3v) is 4.35. The van der Waals surface area contributed by atoms with E-state index in [1.165, 1.54) is 5.56 Å². The molecule has 23 heavy (non-hydrogen) atoms. The number of benzene rings is 2. The molecule has 1 unspecified atom stereocenters. The van der Waals surface area contributed by atoms with Gasteiger partial charge in [0.25, 0.3) is 5.91 Å². The Bertz CT molecular complexity index is 716. The molecule has 1 atom stereocenters. The molecular formula is C18H21Cl2N2O+. The Morgan fingerprint density at radius 2 is 1.83 bits per heavy atom. The van der Waals surface area contributed by atoms with E-state index in [2.05, 4.69) is 11.4 Å². The molecule has 0 radical (unpaired) electrons. The lowest BCUT2D eigenvalue weighted by Crippen LogP contribution is -3.08. The van der Waals surface area contributed by atoms with Crippen molar-refractivity contribution in [3.8, 4) is 0 Å². The van der Waals surface area contributed by atoms with Crippen LogP contribution in [-0.2, 0) is 11.3 Å². The number of halogens is 2. The second-order valence-corrected chi connectivity index (χ2v) is 6.74. The number of hydrogen-bond acceptors (Lipinski definition) is 1. The highest BCUT2D eigenvalue weighted by molar-refractivity contribution is 6.42. The lowest BCUT2D eigenvalue weighted by Gasteiger charge is -2.15. The number of rotatable bonds is 5. The molecule has 3 nitrogen and oxygen atoms in total. The number of aryl methyl sites for hydroxylation is 2. The van der Waals surface area contributed by atoms with Crippen molar-refractivity contribution in [3.05, 3.63) is 63.1 Å². The highest BCUT2D eigenvalue weighted by atomic mass is 35.5. The minimum Gasteiger partial charge on any atom is -0.326 e. The maximum atomic E-state index is 12.2. The molecule has 0 fully saturated rings. The number of hydrogen-bond donors (Lipinski definition) is 2. The molecule has 0 aliphatic carbocycles. The summed E-state index contributed by atoms with van der Waals surface area (Å²) in [6, 6.07) is 11.5. The third kappa shape index (κ3) is 5.24. The van der Waals surface area contributed by atoms with Gasteiger partial charge in [-0.3, -0.25) is 4.79 Å². The second kappa shape index (κ2) is 7.82. The van der Waals surface area contributed by atoms with Gasteiger partial charge in [0.05, 0.1) is 17.1 Å². The molecule has 0 aliphatic heterocycles. The van der Waals surface area contributed by atoms with Gasteiger partial charge >= 0.3 is 0 Å². The summed E-state index contributed by atoms with van der Waals surface area (Å²) in [4.78, 5) is 13.3. The lowest BCUT2D eigenvalue weighted by molar-refractivity contribution is -0.885. The lowest BCUT2D eigenvalue weighted by atomic mass is 10.1. The normalized spacial score (nSPS) is 12.0. The van der Waals surface area contributed by atoms with Gasteiger partial charge in [0.1, 0.15) is 6.54 Å². The van der Waals surface area contributed by atoms with Crippen LogP contribution in [0.4, 0.5) is 5.69 Å². The SMILES string of the molecule is Cc1ccc(NC(=O)C[NH+](C)Cc2ccc(Cl)c(Cl)c2)c(C)c1. The standard InChI is InChI=1S/C18H20Cl2N2O/c1-12-4-7-17(13(2)8-12)21-18(23)11-22(3)10-14-5-6-15(19)16(20)9-14/h4-9H,10-11H2,1-3H3,(H,21,23)/p+1. The molecule has 122 valence electrons. The first kappa shape index (κ1) is 17.8. The number of carbonyl (C=O) groups excluding carboxylic acids is 1. The van der Waals surface area contributed by atoms with Crippen LogP contribution in [0.1, 0.15) is 16.7 Å². The fourth-order valence-electron chi connectivity index (χ4n) is 2.48. The molecular weight excluding hydrogens is 331 g/mol. The minimum atomic E-state index is -0.00508. The fourth-order valence-corrected chi connectivity index (χ4v) is 2.80. The number of nitrogens with one attached hydrogen (secondary N) is 2. The summed E-state index contributed by atoms with van der Waals surface area (Å²) >= 11 is 11.9. The van der Waals surface area contributed by atoms with E-state index in [0.29, 0.717) is 23.1 Å². The van der Waals surface area contributed by atoms with Crippen molar-refractivity contribution in [1.82, 2.24) is 0 Å². The van der Waals surface area contributed by atoms with Crippen LogP contribution < -0.4 is 10.2 Å². The Kier molecular flexibility index (Phi) is 6.05. The largest absolute Gasteiger partial charge is 0.326 e. The molecule has 0 saturated heterocycles. The zero-order chi connectivity index (χ0) is 17.0. The van der Waals surface area contributed by atoms with Crippen molar-refractivity contribution in [2.45, 2.75) is 20.4 Å². The third-order valence-electron chi connectivity index (χ3n) is 3.61. The van der Waals surface area contributed by atoms with Gasteiger partial charge < -0.3 is 10.2 Å². The highest BCUT2D eigenvalue weighted by Gasteiger charge is 2.12. The first-order valence-corrected chi connectivity index (χ1v) is 8.23. The monoisotopic (exact) mass is 351 g/mol. The molecule has 0 heterocycles. The topological polar surface area (TPSA) is 33.5 Å². The summed E-state index contributed by atoms with van der Waals surface area (Å²) in [6.07, 6.45) is 0. The molecule has 5 heteroatoms. The zero-order valence-corrected chi connectivity index (χ0v) is 15.1. The molecule has 2 rings (SSSR count). The molecule has 0 aromatic heterocycles. The maximum Gasteiger partial charge on any atom is 0.279 e. The molecule has 0 aliphatic rings. The summed E-state index contributed by atoms with van der Waals surface area (Å²) in [5.41, 5.74) is 4.17. The summed E-state index contributed by atoms with van der Waals surface area (Å²) < 4.78 is 0. The molecule has 2 aromatic carbocycles. The molecule has 0 saturated carbocycles. The number of quaternary nitrogens is 1. The van der Waals surface area contributed by atoms with E-state index < -0.39 is 0 Å². The van der Waals surface area contributed by atoms with E-state index in [1.54, 1.807) is 6.07 Å². The smallest absolute Gasteiger partial charge is 0.279 e. The van der Waals surface area contributed by atoms with Gasteiger partial charge in [0, 0.05) is 11.3 Å². The van der Waals surface area contributed by atoms with Gasteiger partial charge in [-0.15, -0.1) is 0 Å². The fraction of sp³-hybridized carbons (Fsp3) is 0.278. The molecule has 0 bridgehead atoms. The van der Waals surface area contributed by atoms with Crippen LogP contribution in [0.3, 0.4) is 0 Å². The number of anilines is 1. The van der Waals surface area contributed by atoms with Crippen molar-refractivity contribution < 1.29 is 9.69 Å². The van der Waals surface area contributed by atoms with Crippen LogP contribution >= 0.6 is 23.2 Å². The average Bonchev–Trinajstić information content (AvgIpc) is 2.46. The first-order valence-electron chi connectivity index (χ1n) is 7.47. The van der Waals surface area contributed by atoms with Gasteiger partial charge in [-0.25, -0.2) is 0 Å². The summed E-state index contributed by atoms with van der Waals surface area (Å²) in [7, 11) is 1.98. The van der Waals surface area contributed by atoms with Crippen molar-refractivity contribution in [1.29, 1.82) is 0 Å². The van der Waals surface area contributed by atoms with E-state index in [1.807, 2.05) is 45.2 Å².